The summed E-state index contributed by atoms with van der Waals surface area (Å²) in [5.41, 5.74) is 5.98. The van der Waals surface area contributed by atoms with Crippen LogP contribution in [-0.4, -0.2) is 10.2 Å². The van der Waals surface area contributed by atoms with Crippen molar-refractivity contribution in [1.29, 1.82) is 0 Å². The fraction of sp³-hybridized carbons (Fsp3) is 0.154. The second-order valence-corrected chi connectivity index (χ2v) is 7.24. The van der Waals surface area contributed by atoms with Crippen molar-refractivity contribution in [2.24, 2.45) is 5.92 Å². The van der Waals surface area contributed by atoms with E-state index in [4.69, 9.17) is 0 Å². The molecular weight excluding hydrogens is 344 g/mol. The monoisotopic (exact) mass is 368 g/mol. The van der Waals surface area contributed by atoms with E-state index in [-0.39, 0.29) is 11.5 Å². The third kappa shape index (κ3) is 4.01. The maximum absolute atomic E-state index is 9.76. The molecule has 0 aliphatic heterocycles. The van der Waals surface area contributed by atoms with E-state index in [2.05, 4.69) is 42.5 Å². The van der Waals surface area contributed by atoms with Crippen molar-refractivity contribution in [1.82, 2.24) is 0 Å². The SMILES string of the molecule is Oc1ccc(C(=C(CCC2C=CC=C2)C2=CC=CC2)c2ccc(O)cc2)cc1. The molecule has 0 spiro atoms. The van der Waals surface area contributed by atoms with Crippen molar-refractivity contribution in [2.75, 3.05) is 0 Å². The van der Waals surface area contributed by atoms with Gasteiger partial charge in [-0.25, -0.2) is 0 Å². The summed E-state index contributed by atoms with van der Waals surface area (Å²) in [6, 6.07) is 14.8. The van der Waals surface area contributed by atoms with Gasteiger partial charge in [0, 0.05) is 0 Å². The fourth-order valence-corrected chi connectivity index (χ4v) is 3.87. The van der Waals surface area contributed by atoms with Gasteiger partial charge in [0.2, 0.25) is 0 Å². The number of benzene rings is 2. The lowest BCUT2D eigenvalue weighted by molar-refractivity contribution is 0.475. The number of rotatable bonds is 6. The molecule has 0 bridgehead atoms. The predicted molar refractivity (Wildman–Crippen MR) is 115 cm³/mol. The first-order valence-electron chi connectivity index (χ1n) is 9.74. The van der Waals surface area contributed by atoms with Gasteiger partial charge in [-0.1, -0.05) is 66.8 Å². The summed E-state index contributed by atoms with van der Waals surface area (Å²) in [6.07, 6.45) is 18.2. The molecule has 140 valence electrons. The van der Waals surface area contributed by atoms with Crippen LogP contribution in [0.3, 0.4) is 0 Å². The number of aromatic hydroxyl groups is 2. The van der Waals surface area contributed by atoms with Gasteiger partial charge in [-0.3, -0.25) is 0 Å². The maximum atomic E-state index is 9.76. The van der Waals surface area contributed by atoms with Gasteiger partial charge >= 0.3 is 0 Å². The van der Waals surface area contributed by atoms with Crippen LogP contribution in [0.5, 0.6) is 11.5 Å². The summed E-state index contributed by atoms with van der Waals surface area (Å²) in [6.45, 7) is 0. The van der Waals surface area contributed by atoms with E-state index in [1.165, 1.54) is 16.7 Å². The van der Waals surface area contributed by atoms with E-state index >= 15 is 0 Å². The van der Waals surface area contributed by atoms with E-state index in [0.29, 0.717) is 5.92 Å². The number of phenolic OH excluding ortho intramolecular Hbond substituents is 2. The van der Waals surface area contributed by atoms with Gasteiger partial charge in [0.1, 0.15) is 11.5 Å². The summed E-state index contributed by atoms with van der Waals surface area (Å²) in [7, 11) is 0. The van der Waals surface area contributed by atoms with Crippen molar-refractivity contribution >= 4 is 5.57 Å². The summed E-state index contributed by atoms with van der Waals surface area (Å²) >= 11 is 0. The molecule has 0 heterocycles. The van der Waals surface area contributed by atoms with Crippen LogP contribution >= 0.6 is 0 Å². The normalized spacial score (nSPS) is 15.2. The number of phenols is 2. The molecule has 0 fully saturated rings. The molecule has 0 unspecified atom stereocenters. The molecule has 2 aromatic carbocycles. The van der Waals surface area contributed by atoms with Crippen LogP contribution in [0.25, 0.3) is 5.57 Å². The zero-order valence-corrected chi connectivity index (χ0v) is 15.8. The highest BCUT2D eigenvalue weighted by molar-refractivity contribution is 5.85. The summed E-state index contributed by atoms with van der Waals surface area (Å²) in [4.78, 5) is 0. The molecule has 0 amide bonds. The Hall–Kier alpha value is -3.26. The van der Waals surface area contributed by atoms with Gasteiger partial charge in [-0.05, 0) is 77.3 Å². The first kappa shape index (κ1) is 18.1. The maximum Gasteiger partial charge on any atom is 0.115 e. The Kier molecular flexibility index (Phi) is 5.29. The Balaban J connectivity index is 1.82. The van der Waals surface area contributed by atoms with E-state index < -0.39 is 0 Å². The van der Waals surface area contributed by atoms with Crippen molar-refractivity contribution in [3.8, 4) is 11.5 Å². The quantitative estimate of drug-likeness (QED) is 0.627. The van der Waals surface area contributed by atoms with E-state index in [0.717, 1.165) is 30.4 Å². The zero-order chi connectivity index (χ0) is 19.3. The molecule has 2 aliphatic rings. The molecule has 2 nitrogen and oxygen atoms in total. The molecular formula is C26H24O2. The highest BCUT2D eigenvalue weighted by atomic mass is 16.3. The highest BCUT2D eigenvalue weighted by Gasteiger charge is 2.18. The lowest BCUT2D eigenvalue weighted by Gasteiger charge is -2.19. The fourth-order valence-electron chi connectivity index (χ4n) is 3.87. The van der Waals surface area contributed by atoms with Crippen LogP contribution in [0, 0.1) is 5.92 Å². The number of allylic oxidation sites excluding steroid dienone is 9. The van der Waals surface area contributed by atoms with Crippen LogP contribution in [0.4, 0.5) is 0 Å². The van der Waals surface area contributed by atoms with Crippen molar-refractivity contribution < 1.29 is 10.2 Å². The van der Waals surface area contributed by atoms with Crippen molar-refractivity contribution in [3.63, 3.8) is 0 Å². The standard InChI is InChI=1S/C26H24O2/c27-23-14-10-21(11-15-23)26(22-12-16-24(28)17-13-22)25(20-7-3-4-8-20)18-9-19-5-1-2-6-19/h1-7,10-17,19,27-28H,8-9,18H2. The Morgan fingerprint density at radius 2 is 1.36 bits per heavy atom. The Bertz CT molecular complexity index is 924. The molecule has 4 rings (SSSR count). The van der Waals surface area contributed by atoms with Gasteiger partial charge in [0.05, 0.1) is 0 Å². The first-order valence-corrected chi connectivity index (χ1v) is 9.74. The molecule has 0 aromatic heterocycles. The predicted octanol–water partition coefficient (Wildman–Crippen LogP) is 6.31. The largest absolute Gasteiger partial charge is 0.508 e. The zero-order valence-electron chi connectivity index (χ0n) is 15.8. The number of hydrogen-bond donors (Lipinski definition) is 2. The third-order valence-corrected chi connectivity index (χ3v) is 5.33. The third-order valence-electron chi connectivity index (χ3n) is 5.33. The van der Waals surface area contributed by atoms with Crippen molar-refractivity contribution in [3.05, 3.63) is 113 Å². The van der Waals surface area contributed by atoms with Crippen LogP contribution in [-0.2, 0) is 0 Å². The summed E-state index contributed by atoms with van der Waals surface area (Å²) in [5.74, 6) is 1.00. The minimum absolute atomic E-state index is 0.262. The van der Waals surface area contributed by atoms with Crippen LogP contribution in [0.2, 0.25) is 0 Å². The molecule has 2 heteroatoms. The van der Waals surface area contributed by atoms with E-state index in [1.807, 2.05) is 24.3 Å². The minimum atomic E-state index is 0.262. The highest BCUT2D eigenvalue weighted by Crippen LogP contribution is 2.37. The average molecular weight is 368 g/mol. The lowest BCUT2D eigenvalue weighted by Crippen LogP contribution is -2.00. The topological polar surface area (TPSA) is 40.5 Å². The number of hydrogen-bond acceptors (Lipinski definition) is 2. The van der Waals surface area contributed by atoms with Gasteiger partial charge < -0.3 is 10.2 Å². The Morgan fingerprint density at radius 1 is 0.786 bits per heavy atom. The molecule has 2 N–H and O–H groups in total. The molecule has 0 atom stereocenters. The second kappa shape index (κ2) is 8.18. The smallest absolute Gasteiger partial charge is 0.115 e. The Morgan fingerprint density at radius 3 is 1.86 bits per heavy atom. The van der Waals surface area contributed by atoms with Crippen LogP contribution in [0.1, 0.15) is 30.4 Å². The minimum Gasteiger partial charge on any atom is -0.508 e. The average Bonchev–Trinajstić information content (AvgIpc) is 3.41. The Labute approximate surface area is 166 Å². The van der Waals surface area contributed by atoms with Crippen LogP contribution < -0.4 is 0 Å². The van der Waals surface area contributed by atoms with Gasteiger partial charge in [-0.15, -0.1) is 0 Å². The molecule has 0 saturated carbocycles. The van der Waals surface area contributed by atoms with Crippen molar-refractivity contribution in [2.45, 2.75) is 19.3 Å². The summed E-state index contributed by atoms with van der Waals surface area (Å²) in [5, 5.41) is 19.5. The molecule has 0 radical (unpaired) electrons. The van der Waals surface area contributed by atoms with E-state index in [9.17, 15) is 10.2 Å². The molecule has 28 heavy (non-hydrogen) atoms. The molecule has 2 aliphatic carbocycles. The van der Waals surface area contributed by atoms with Gasteiger partial charge in [-0.2, -0.15) is 0 Å². The molecule has 0 saturated heterocycles. The summed E-state index contributed by atoms with van der Waals surface area (Å²) < 4.78 is 0. The van der Waals surface area contributed by atoms with Gasteiger partial charge in [0.25, 0.3) is 0 Å². The van der Waals surface area contributed by atoms with E-state index in [1.54, 1.807) is 24.3 Å². The lowest BCUT2D eigenvalue weighted by atomic mass is 9.85. The first-order chi connectivity index (χ1) is 13.7. The molecule has 2 aromatic rings. The van der Waals surface area contributed by atoms with Crippen LogP contribution in [0.15, 0.2) is 102 Å². The second-order valence-electron chi connectivity index (χ2n) is 7.24. The van der Waals surface area contributed by atoms with Gasteiger partial charge in [0.15, 0.2) is 0 Å².